The standard InChI is InChI=1S/C28H36F9NO6S4/c29-25(30,26(31,32)46(39,40)38-47(41,42)28(35,36)37)27(33,34)48(43,44)45-24-22(19-12-6-2-7-13-19)16-21(18-10-4-1-5-11-18)17-23(24)20-14-8-3-9-15-20/h16-20,38H,1-15H2. The SMILES string of the molecule is O=S(=O)(NS(=O)(=O)C(F)(F)C(F)(F)C(F)(F)S(=O)(=O)Sc1c(C2CCCCC2)cc(C2CCCCC2)cc1C1CCCCC1)C(F)(F)F. The van der Waals surface area contributed by atoms with Crippen LogP contribution in [0.1, 0.15) is 131 Å². The molecule has 20 heteroatoms. The van der Waals surface area contributed by atoms with Gasteiger partial charge in [0.25, 0.3) is 18.9 Å². The van der Waals surface area contributed by atoms with Gasteiger partial charge in [0.05, 0.1) is 0 Å². The molecule has 0 unspecified atom stereocenters. The topological polar surface area (TPSA) is 114 Å². The van der Waals surface area contributed by atoms with Crippen LogP contribution >= 0.6 is 10.8 Å². The third kappa shape index (κ3) is 7.52. The molecule has 0 aromatic heterocycles. The molecule has 0 radical (unpaired) electrons. The molecule has 3 aliphatic carbocycles. The molecular formula is C28H36F9NO6S4. The van der Waals surface area contributed by atoms with Crippen molar-refractivity contribution in [2.45, 2.75) is 141 Å². The summed E-state index contributed by atoms with van der Waals surface area (Å²) in [6, 6.07) is 3.36. The second-order valence-electron chi connectivity index (χ2n) is 12.7. The number of hydrogen-bond donors (Lipinski definition) is 1. The van der Waals surface area contributed by atoms with Crippen molar-refractivity contribution >= 4 is 39.7 Å². The zero-order valence-electron chi connectivity index (χ0n) is 25.5. The molecule has 7 nitrogen and oxygen atoms in total. The van der Waals surface area contributed by atoms with E-state index in [4.69, 9.17) is 0 Å². The molecule has 0 heterocycles. The average Bonchev–Trinajstić information content (AvgIpc) is 3.01. The van der Waals surface area contributed by atoms with Crippen LogP contribution in [-0.4, -0.2) is 47.2 Å². The first-order valence-electron chi connectivity index (χ1n) is 15.6. The average molecular weight is 782 g/mol. The molecule has 276 valence electrons. The summed E-state index contributed by atoms with van der Waals surface area (Å²) in [6.45, 7) is 0. The van der Waals surface area contributed by atoms with Crippen LogP contribution in [0, 0.1) is 0 Å². The van der Waals surface area contributed by atoms with Crippen LogP contribution in [0.4, 0.5) is 39.5 Å². The van der Waals surface area contributed by atoms with E-state index >= 15 is 8.78 Å². The van der Waals surface area contributed by atoms with Gasteiger partial charge in [-0.1, -0.05) is 74.0 Å². The molecule has 0 spiro atoms. The summed E-state index contributed by atoms with van der Waals surface area (Å²) in [5, 5.41) is -14.3. The lowest BCUT2D eigenvalue weighted by atomic mass is 9.76. The molecule has 3 fully saturated rings. The van der Waals surface area contributed by atoms with Crippen LogP contribution in [0.3, 0.4) is 0 Å². The Morgan fingerprint density at radius 1 is 0.542 bits per heavy atom. The normalized spacial score (nSPS) is 21.0. The molecular weight excluding hydrogens is 746 g/mol. The molecule has 1 N–H and O–H groups in total. The fourth-order valence-corrected chi connectivity index (χ4v) is 12.6. The zero-order valence-corrected chi connectivity index (χ0v) is 28.7. The van der Waals surface area contributed by atoms with Crippen LogP contribution in [0.15, 0.2) is 17.0 Å². The Balaban J connectivity index is 1.84. The molecule has 0 atom stereocenters. The quantitative estimate of drug-likeness (QED) is 0.176. The van der Waals surface area contributed by atoms with E-state index in [0.29, 0.717) is 62.5 Å². The molecule has 1 aromatic carbocycles. The predicted octanol–water partition coefficient (Wildman–Crippen LogP) is 8.84. The van der Waals surface area contributed by atoms with E-state index < -0.39 is 65.8 Å². The molecule has 0 aliphatic heterocycles. The van der Waals surface area contributed by atoms with Crippen LogP contribution < -0.4 is 4.13 Å². The van der Waals surface area contributed by atoms with E-state index in [0.717, 1.165) is 50.5 Å². The molecule has 0 bridgehead atoms. The first-order valence-corrected chi connectivity index (χ1v) is 21.3. The van der Waals surface area contributed by atoms with Crippen LogP contribution in [0.2, 0.25) is 0 Å². The highest BCUT2D eigenvalue weighted by Gasteiger charge is 2.82. The minimum atomic E-state index is -7.84. The Bertz CT molecular complexity index is 1610. The Kier molecular flexibility index (Phi) is 11.6. The third-order valence-corrected chi connectivity index (χ3v) is 16.3. The van der Waals surface area contributed by atoms with E-state index in [-0.39, 0.29) is 22.6 Å². The summed E-state index contributed by atoms with van der Waals surface area (Å²) < 4.78 is 200. The maximum absolute atomic E-state index is 15.4. The Morgan fingerprint density at radius 2 is 0.917 bits per heavy atom. The first kappa shape index (κ1) is 39.5. The number of sulfonamides is 2. The zero-order chi connectivity index (χ0) is 36.0. The van der Waals surface area contributed by atoms with Crippen molar-refractivity contribution in [2.24, 2.45) is 0 Å². The van der Waals surface area contributed by atoms with Gasteiger partial charge in [0, 0.05) is 15.7 Å². The van der Waals surface area contributed by atoms with Gasteiger partial charge >= 0.3 is 32.0 Å². The van der Waals surface area contributed by atoms with Gasteiger partial charge in [-0.15, -0.1) is 0 Å². The summed E-state index contributed by atoms with van der Waals surface area (Å²) in [5.74, 6) is -8.14. The summed E-state index contributed by atoms with van der Waals surface area (Å²) in [4.78, 5) is -0.326. The molecule has 4 rings (SSSR count). The van der Waals surface area contributed by atoms with Crippen molar-refractivity contribution in [3.05, 3.63) is 28.8 Å². The number of nitrogens with one attached hydrogen (secondary N) is 1. The smallest absolute Gasteiger partial charge is 0.210 e. The monoisotopic (exact) mass is 781 g/mol. The summed E-state index contributed by atoms with van der Waals surface area (Å²) >= 11 is 0. The highest BCUT2D eigenvalue weighted by molar-refractivity contribution is 8.72. The Hall–Kier alpha value is -1.25. The Morgan fingerprint density at radius 3 is 1.29 bits per heavy atom. The van der Waals surface area contributed by atoms with Gasteiger partial charge in [-0.2, -0.15) is 39.5 Å². The van der Waals surface area contributed by atoms with Crippen molar-refractivity contribution < 1.29 is 64.8 Å². The highest BCUT2D eigenvalue weighted by Crippen LogP contribution is 2.56. The second-order valence-corrected chi connectivity index (χ2v) is 20.2. The molecule has 3 saturated carbocycles. The lowest BCUT2D eigenvalue weighted by Gasteiger charge is -2.34. The Labute approximate surface area is 277 Å². The van der Waals surface area contributed by atoms with Crippen LogP contribution in [0.5, 0.6) is 0 Å². The van der Waals surface area contributed by atoms with Gasteiger partial charge in [0.15, 0.2) is 0 Å². The summed E-state index contributed by atoms with van der Waals surface area (Å²) in [6.07, 6.45) is 11.0. The lowest BCUT2D eigenvalue weighted by molar-refractivity contribution is -0.243. The van der Waals surface area contributed by atoms with Crippen molar-refractivity contribution in [3.8, 4) is 0 Å². The van der Waals surface area contributed by atoms with E-state index in [1.54, 1.807) is 12.1 Å². The fraction of sp³-hybridized carbons (Fsp3) is 0.786. The largest absolute Gasteiger partial charge is 0.512 e. The molecule has 3 aliphatic rings. The highest BCUT2D eigenvalue weighted by atomic mass is 33.1. The van der Waals surface area contributed by atoms with Gasteiger partial charge in [-0.3, -0.25) is 0 Å². The molecule has 0 amide bonds. The molecule has 48 heavy (non-hydrogen) atoms. The second kappa shape index (κ2) is 14.1. The lowest BCUT2D eigenvalue weighted by Crippen LogP contribution is -2.63. The van der Waals surface area contributed by atoms with Crippen molar-refractivity contribution in [1.82, 2.24) is 4.13 Å². The number of hydrogen-bond acceptors (Lipinski definition) is 7. The predicted molar refractivity (Wildman–Crippen MR) is 161 cm³/mol. The molecule has 0 saturated heterocycles. The molecule has 1 aromatic rings. The fourth-order valence-electron chi connectivity index (χ4n) is 6.80. The maximum Gasteiger partial charge on any atom is 0.512 e. The van der Waals surface area contributed by atoms with E-state index in [1.807, 2.05) is 0 Å². The van der Waals surface area contributed by atoms with E-state index in [2.05, 4.69) is 0 Å². The first-order chi connectivity index (χ1) is 22.0. The van der Waals surface area contributed by atoms with E-state index in [1.165, 1.54) is 0 Å². The number of benzene rings is 1. The summed E-state index contributed by atoms with van der Waals surface area (Å²) in [5.41, 5.74) is -5.21. The number of halogens is 9. The van der Waals surface area contributed by atoms with Gasteiger partial charge in [-0.25, -0.2) is 25.3 Å². The number of rotatable bonds is 11. The van der Waals surface area contributed by atoms with Gasteiger partial charge < -0.3 is 0 Å². The number of alkyl halides is 9. The maximum atomic E-state index is 15.4. The summed E-state index contributed by atoms with van der Waals surface area (Å²) in [7, 11) is -22.8. The van der Waals surface area contributed by atoms with Crippen molar-refractivity contribution in [2.75, 3.05) is 0 Å². The van der Waals surface area contributed by atoms with Crippen LogP contribution in [0.25, 0.3) is 0 Å². The van der Waals surface area contributed by atoms with E-state index in [9.17, 15) is 56.0 Å². The van der Waals surface area contributed by atoms with Crippen molar-refractivity contribution in [1.29, 1.82) is 0 Å². The van der Waals surface area contributed by atoms with Crippen molar-refractivity contribution in [3.63, 3.8) is 0 Å². The minimum Gasteiger partial charge on any atom is -0.210 e. The third-order valence-electron chi connectivity index (χ3n) is 9.44. The van der Waals surface area contributed by atoms with Crippen LogP contribution in [-0.2, 0) is 28.9 Å². The van der Waals surface area contributed by atoms with Gasteiger partial charge in [-0.05, 0) is 73.0 Å². The van der Waals surface area contributed by atoms with Gasteiger partial charge in [0.1, 0.15) is 0 Å². The van der Waals surface area contributed by atoms with Gasteiger partial charge in [0.2, 0.25) is 0 Å². The minimum absolute atomic E-state index is 0.0641.